The summed E-state index contributed by atoms with van der Waals surface area (Å²) < 4.78 is 7.14. The number of rotatable bonds is 14. The summed E-state index contributed by atoms with van der Waals surface area (Å²) in [5.41, 5.74) is 2.16. The smallest absolute Gasteiger partial charge is 0.242 e. The molecule has 2 N–H and O–H groups in total. The van der Waals surface area contributed by atoms with E-state index >= 15 is 0 Å². The van der Waals surface area contributed by atoms with Gasteiger partial charge in [0.05, 0.1) is 0 Å². The van der Waals surface area contributed by atoms with E-state index in [2.05, 4.69) is 46.6 Å². The number of hydrogen-bond acceptors (Lipinski definition) is 6. The molecule has 3 rings (SSSR count). The lowest BCUT2D eigenvalue weighted by Crippen LogP contribution is -2.41. The maximum Gasteiger partial charge on any atom is 0.242 e. The highest BCUT2D eigenvalue weighted by Gasteiger charge is 2.21. The Bertz CT molecular complexity index is 992. The number of hydrogen-bond donors (Lipinski definition) is 2. The molecule has 0 saturated heterocycles. The Balaban J connectivity index is 1.75. The van der Waals surface area contributed by atoms with Crippen molar-refractivity contribution in [2.24, 2.45) is 5.92 Å². The molecule has 2 aromatic heterocycles. The number of nitrogens with one attached hydrogen (secondary N) is 2. The van der Waals surface area contributed by atoms with Crippen LogP contribution < -0.4 is 10.6 Å². The Morgan fingerprint density at radius 3 is 2.68 bits per heavy atom. The quantitative estimate of drug-likeness (QED) is 0.352. The van der Waals surface area contributed by atoms with Crippen LogP contribution in [0.15, 0.2) is 55.1 Å². The van der Waals surface area contributed by atoms with Crippen molar-refractivity contribution >= 4 is 11.7 Å². The van der Waals surface area contributed by atoms with E-state index in [4.69, 9.17) is 9.72 Å². The minimum atomic E-state index is -0.389. The molecular weight excluding hydrogens is 428 g/mol. The fourth-order valence-corrected chi connectivity index (χ4v) is 3.63. The summed E-state index contributed by atoms with van der Waals surface area (Å²) in [6.07, 6.45) is 8.31. The average molecular weight is 465 g/mol. The van der Waals surface area contributed by atoms with Gasteiger partial charge in [0.1, 0.15) is 18.2 Å². The van der Waals surface area contributed by atoms with Gasteiger partial charge < -0.3 is 15.4 Å². The van der Waals surface area contributed by atoms with Gasteiger partial charge in [-0.25, -0.2) is 9.97 Å². The average Bonchev–Trinajstić information content (AvgIpc) is 3.38. The van der Waals surface area contributed by atoms with Crippen molar-refractivity contribution in [3.8, 4) is 5.95 Å². The van der Waals surface area contributed by atoms with Crippen molar-refractivity contribution < 1.29 is 9.53 Å². The number of nitrogens with zero attached hydrogens (tertiary/aromatic N) is 4. The van der Waals surface area contributed by atoms with Crippen LogP contribution in [0.4, 0.5) is 5.82 Å². The minimum Gasteiger partial charge on any atom is -0.382 e. The molecule has 34 heavy (non-hydrogen) atoms. The Labute approximate surface area is 202 Å². The third-order valence-corrected chi connectivity index (χ3v) is 5.33. The van der Waals surface area contributed by atoms with E-state index in [-0.39, 0.29) is 11.9 Å². The van der Waals surface area contributed by atoms with Crippen molar-refractivity contribution in [3.05, 3.63) is 66.4 Å². The molecular formula is C26H36N6O2. The molecule has 0 spiro atoms. The number of ether oxygens (including phenoxy) is 1. The van der Waals surface area contributed by atoms with Crippen LogP contribution in [-0.2, 0) is 22.4 Å². The molecule has 0 fully saturated rings. The van der Waals surface area contributed by atoms with Crippen molar-refractivity contribution in [1.29, 1.82) is 0 Å². The zero-order valence-corrected chi connectivity index (χ0v) is 20.4. The van der Waals surface area contributed by atoms with E-state index < -0.39 is 0 Å². The van der Waals surface area contributed by atoms with Crippen LogP contribution in [0.3, 0.4) is 0 Å². The lowest BCUT2D eigenvalue weighted by molar-refractivity contribution is -0.122. The van der Waals surface area contributed by atoms with Crippen LogP contribution in [0, 0.1) is 5.92 Å². The van der Waals surface area contributed by atoms with E-state index in [1.807, 2.05) is 37.4 Å². The summed E-state index contributed by atoms with van der Waals surface area (Å²) in [5, 5.41) is 6.41. The number of anilines is 1. The Kier molecular flexibility index (Phi) is 10.0. The molecule has 182 valence electrons. The van der Waals surface area contributed by atoms with Crippen molar-refractivity contribution in [1.82, 2.24) is 24.8 Å². The topological polar surface area (TPSA) is 94.0 Å². The molecule has 0 bridgehead atoms. The van der Waals surface area contributed by atoms with Gasteiger partial charge in [0, 0.05) is 43.9 Å². The molecule has 1 atom stereocenters. The fourth-order valence-electron chi connectivity index (χ4n) is 3.63. The van der Waals surface area contributed by atoms with Crippen LogP contribution in [0.1, 0.15) is 44.9 Å². The third kappa shape index (κ3) is 8.26. The van der Waals surface area contributed by atoms with Gasteiger partial charge in [-0.1, -0.05) is 44.2 Å². The van der Waals surface area contributed by atoms with Crippen LogP contribution in [-0.4, -0.2) is 51.2 Å². The number of carbonyl (C=O) groups excluding carboxylic acids is 1. The van der Waals surface area contributed by atoms with Crippen LogP contribution in [0.25, 0.3) is 5.95 Å². The van der Waals surface area contributed by atoms with E-state index in [0.717, 1.165) is 25.0 Å². The molecule has 2 heterocycles. The Morgan fingerprint density at radius 1 is 1.15 bits per heavy atom. The maximum atomic E-state index is 13.0. The molecule has 1 amide bonds. The predicted octanol–water partition coefficient (Wildman–Crippen LogP) is 3.82. The zero-order chi connectivity index (χ0) is 24.2. The second kappa shape index (κ2) is 13.4. The highest BCUT2D eigenvalue weighted by Crippen LogP contribution is 2.16. The normalized spacial score (nSPS) is 12.0. The standard InChI is InChI=1S/C26H36N6O2/c1-4-34-16-8-13-28-25(33)23(17-20(2)3)30-24-18-22(12-11-21-9-6-5-7-10-21)29-26(31-24)32-15-14-27-19-32/h5-7,9-10,14-15,18-20,23H,4,8,11-13,16-17H2,1-3H3,(H,28,33)(H,29,30,31). The highest BCUT2D eigenvalue weighted by molar-refractivity contribution is 5.84. The first-order valence-electron chi connectivity index (χ1n) is 12.1. The molecule has 8 heteroatoms. The van der Waals surface area contributed by atoms with Gasteiger partial charge in [-0.05, 0) is 44.1 Å². The van der Waals surface area contributed by atoms with Gasteiger partial charge in [0.25, 0.3) is 0 Å². The summed E-state index contributed by atoms with van der Waals surface area (Å²) in [6.45, 7) is 8.10. The second-order valence-corrected chi connectivity index (χ2v) is 8.67. The summed E-state index contributed by atoms with van der Waals surface area (Å²) in [5.74, 6) is 1.49. The molecule has 3 aromatic rings. The number of amides is 1. The summed E-state index contributed by atoms with van der Waals surface area (Å²) >= 11 is 0. The lowest BCUT2D eigenvalue weighted by atomic mass is 10.0. The number of aromatic nitrogens is 4. The summed E-state index contributed by atoms with van der Waals surface area (Å²) in [7, 11) is 0. The predicted molar refractivity (Wildman–Crippen MR) is 134 cm³/mol. The van der Waals surface area contributed by atoms with Crippen LogP contribution >= 0.6 is 0 Å². The van der Waals surface area contributed by atoms with Gasteiger partial charge in [0.15, 0.2) is 0 Å². The molecule has 1 aromatic carbocycles. The number of imidazole rings is 1. The van der Waals surface area contributed by atoms with Crippen molar-refractivity contribution in [3.63, 3.8) is 0 Å². The van der Waals surface area contributed by atoms with Crippen LogP contribution in [0.2, 0.25) is 0 Å². The molecule has 0 aliphatic rings. The number of carbonyl (C=O) groups is 1. The van der Waals surface area contributed by atoms with Crippen molar-refractivity contribution in [2.75, 3.05) is 25.1 Å². The van der Waals surface area contributed by atoms with Gasteiger partial charge >= 0.3 is 0 Å². The molecule has 8 nitrogen and oxygen atoms in total. The first kappa shape index (κ1) is 25.4. The third-order valence-electron chi connectivity index (χ3n) is 5.33. The van der Waals surface area contributed by atoms with E-state index in [1.54, 1.807) is 17.1 Å². The summed E-state index contributed by atoms with van der Waals surface area (Å²) in [4.78, 5) is 26.5. The first-order chi connectivity index (χ1) is 16.5. The number of aryl methyl sites for hydroxylation is 2. The van der Waals surface area contributed by atoms with Gasteiger partial charge in [-0.3, -0.25) is 9.36 Å². The van der Waals surface area contributed by atoms with E-state index in [1.165, 1.54) is 5.56 Å². The zero-order valence-electron chi connectivity index (χ0n) is 20.4. The molecule has 0 radical (unpaired) electrons. The molecule has 0 aliphatic carbocycles. The second-order valence-electron chi connectivity index (χ2n) is 8.67. The molecule has 0 aliphatic heterocycles. The largest absolute Gasteiger partial charge is 0.382 e. The van der Waals surface area contributed by atoms with E-state index in [9.17, 15) is 4.79 Å². The lowest BCUT2D eigenvalue weighted by Gasteiger charge is -2.21. The fraction of sp³-hybridized carbons (Fsp3) is 0.462. The Hall–Kier alpha value is -3.26. The van der Waals surface area contributed by atoms with Gasteiger partial charge in [0.2, 0.25) is 11.9 Å². The maximum absolute atomic E-state index is 13.0. The first-order valence-corrected chi connectivity index (χ1v) is 12.1. The van der Waals surface area contributed by atoms with Crippen LogP contribution in [0.5, 0.6) is 0 Å². The SMILES string of the molecule is CCOCCCNC(=O)C(CC(C)C)Nc1cc(CCc2ccccc2)nc(-n2ccnc2)n1. The molecule has 0 saturated carbocycles. The Morgan fingerprint density at radius 2 is 1.97 bits per heavy atom. The minimum absolute atomic E-state index is 0.0289. The monoisotopic (exact) mass is 464 g/mol. The molecule has 1 unspecified atom stereocenters. The van der Waals surface area contributed by atoms with Gasteiger partial charge in [-0.15, -0.1) is 0 Å². The van der Waals surface area contributed by atoms with Gasteiger partial charge in [-0.2, -0.15) is 4.98 Å². The van der Waals surface area contributed by atoms with E-state index in [0.29, 0.717) is 43.9 Å². The highest BCUT2D eigenvalue weighted by atomic mass is 16.5. The number of benzene rings is 1. The summed E-state index contributed by atoms with van der Waals surface area (Å²) in [6, 6.07) is 11.9. The van der Waals surface area contributed by atoms with Crippen molar-refractivity contribution in [2.45, 2.75) is 52.5 Å².